The number of hydrogen-bond acceptors (Lipinski definition) is 4. The van der Waals surface area contributed by atoms with Crippen LogP contribution in [0, 0.1) is 5.92 Å². The van der Waals surface area contributed by atoms with Crippen LogP contribution in [0.3, 0.4) is 0 Å². The number of para-hydroxylation sites is 1. The molecule has 2 aliphatic rings. The summed E-state index contributed by atoms with van der Waals surface area (Å²) >= 11 is 0. The molecular weight excluding hydrogens is 310 g/mol. The number of benzene rings is 1. The van der Waals surface area contributed by atoms with Crippen molar-refractivity contribution in [3.05, 3.63) is 30.3 Å². The number of carbonyl (C=O) groups is 3. The Balaban J connectivity index is 1.67. The van der Waals surface area contributed by atoms with E-state index in [0.717, 1.165) is 0 Å². The molecular formula is C17H21N3O4. The zero-order valence-corrected chi connectivity index (χ0v) is 13.8. The van der Waals surface area contributed by atoms with Crippen LogP contribution in [0.15, 0.2) is 30.3 Å². The van der Waals surface area contributed by atoms with Gasteiger partial charge in [0.05, 0.1) is 6.54 Å². The van der Waals surface area contributed by atoms with E-state index in [1.165, 1.54) is 4.90 Å². The second kappa shape index (κ2) is 6.51. The molecule has 7 heteroatoms. The van der Waals surface area contributed by atoms with Gasteiger partial charge in [-0.25, -0.2) is 4.79 Å². The lowest BCUT2D eigenvalue weighted by Gasteiger charge is -2.45. The highest BCUT2D eigenvalue weighted by atomic mass is 16.6. The van der Waals surface area contributed by atoms with Crippen molar-refractivity contribution in [2.75, 3.05) is 19.6 Å². The minimum absolute atomic E-state index is 0.0310. The zero-order chi connectivity index (χ0) is 17.3. The molecule has 0 spiro atoms. The van der Waals surface area contributed by atoms with Gasteiger partial charge in [-0.05, 0) is 18.1 Å². The zero-order valence-electron chi connectivity index (χ0n) is 13.8. The molecule has 2 atom stereocenters. The van der Waals surface area contributed by atoms with E-state index < -0.39 is 18.2 Å². The molecule has 0 bridgehead atoms. The minimum Gasteiger partial charge on any atom is -0.410 e. The van der Waals surface area contributed by atoms with E-state index in [2.05, 4.69) is 5.32 Å². The molecule has 2 heterocycles. The molecule has 0 aromatic heterocycles. The van der Waals surface area contributed by atoms with Crippen LogP contribution in [0.1, 0.15) is 13.8 Å². The molecule has 2 saturated heterocycles. The lowest BCUT2D eigenvalue weighted by atomic mass is 9.96. The molecule has 128 valence electrons. The smallest absolute Gasteiger partial charge is 0.410 e. The van der Waals surface area contributed by atoms with Crippen LogP contribution in [-0.4, -0.2) is 59.4 Å². The summed E-state index contributed by atoms with van der Waals surface area (Å²) in [6.45, 7) is 4.64. The molecule has 0 radical (unpaired) electrons. The molecule has 0 unspecified atom stereocenters. The third-order valence-electron chi connectivity index (χ3n) is 4.40. The molecule has 3 amide bonds. The fourth-order valence-corrected chi connectivity index (χ4v) is 3.03. The van der Waals surface area contributed by atoms with Gasteiger partial charge in [0, 0.05) is 13.1 Å². The van der Waals surface area contributed by atoms with Crippen LogP contribution in [0.5, 0.6) is 5.75 Å². The average Bonchev–Trinajstić information content (AvgIpc) is 2.58. The van der Waals surface area contributed by atoms with Crippen LogP contribution in [-0.2, 0) is 9.59 Å². The largest absolute Gasteiger partial charge is 0.415 e. The first kappa shape index (κ1) is 16.3. The quantitative estimate of drug-likeness (QED) is 0.871. The summed E-state index contributed by atoms with van der Waals surface area (Å²) in [6.07, 6.45) is -0.507. The fraction of sp³-hybridized carbons (Fsp3) is 0.471. The number of nitrogens with one attached hydrogen (secondary N) is 1. The van der Waals surface area contributed by atoms with E-state index in [4.69, 9.17) is 4.74 Å². The van der Waals surface area contributed by atoms with Crippen molar-refractivity contribution in [2.24, 2.45) is 5.92 Å². The van der Waals surface area contributed by atoms with E-state index in [1.54, 1.807) is 29.2 Å². The molecule has 2 fully saturated rings. The first-order valence-corrected chi connectivity index (χ1v) is 8.10. The Morgan fingerprint density at radius 1 is 1.21 bits per heavy atom. The normalized spacial score (nSPS) is 23.8. The predicted octanol–water partition coefficient (Wildman–Crippen LogP) is 0.853. The number of hydrogen-bond donors (Lipinski definition) is 1. The van der Waals surface area contributed by atoms with Crippen molar-refractivity contribution in [2.45, 2.75) is 25.9 Å². The van der Waals surface area contributed by atoms with Gasteiger partial charge in [-0.3, -0.25) is 9.59 Å². The highest BCUT2D eigenvalue weighted by molar-refractivity contribution is 5.97. The van der Waals surface area contributed by atoms with Gasteiger partial charge in [-0.1, -0.05) is 32.0 Å². The number of carbonyl (C=O) groups excluding carboxylic acids is 3. The van der Waals surface area contributed by atoms with Gasteiger partial charge < -0.3 is 19.9 Å². The summed E-state index contributed by atoms with van der Waals surface area (Å²) in [5.41, 5.74) is 0. The molecule has 1 aromatic rings. The predicted molar refractivity (Wildman–Crippen MR) is 86.3 cm³/mol. The van der Waals surface area contributed by atoms with Crippen LogP contribution in [0.4, 0.5) is 4.79 Å². The number of rotatable bonds is 2. The summed E-state index contributed by atoms with van der Waals surface area (Å²) in [6, 6.07) is 7.64. The van der Waals surface area contributed by atoms with Crippen molar-refractivity contribution < 1.29 is 19.1 Å². The molecule has 7 nitrogen and oxygen atoms in total. The van der Waals surface area contributed by atoms with E-state index in [9.17, 15) is 14.4 Å². The second-order valence-corrected chi connectivity index (χ2v) is 6.40. The Morgan fingerprint density at radius 2 is 1.92 bits per heavy atom. The molecule has 0 aliphatic carbocycles. The monoisotopic (exact) mass is 331 g/mol. The van der Waals surface area contributed by atoms with Crippen LogP contribution in [0.25, 0.3) is 0 Å². The third kappa shape index (κ3) is 3.06. The SMILES string of the molecule is CC(C)[C@@H]1NC(=O)[C@H]2CN(C(=O)Oc3ccccc3)CCN2C1=O. The Hall–Kier alpha value is -2.57. The standard InChI is InChI=1S/C17H21N3O4/c1-11(2)14-16(22)20-9-8-19(10-13(20)15(21)18-14)17(23)24-12-6-4-3-5-7-12/h3-7,11,13-14H,8-10H2,1-2H3,(H,18,21)/t13-,14+/m1/s1. The number of fused-ring (bicyclic) bond motifs is 1. The van der Waals surface area contributed by atoms with Gasteiger partial charge >= 0.3 is 6.09 Å². The lowest BCUT2D eigenvalue weighted by Crippen LogP contribution is -2.70. The fourth-order valence-electron chi connectivity index (χ4n) is 3.03. The van der Waals surface area contributed by atoms with Crippen molar-refractivity contribution in [3.8, 4) is 5.75 Å². The number of amides is 3. The average molecular weight is 331 g/mol. The topological polar surface area (TPSA) is 79.0 Å². The van der Waals surface area contributed by atoms with Gasteiger partial charge in [0.15, 0.2) is 0 Å². The number of nitrogens with zero attached hydrogens (tertiary/aromatic N) is 2. The molecule has 1 aromatic carbocycles. The van der Waals surface area contributed by atoms with E-state index in [-0.39, 0.29) is 24.3 Å². The van der Waals surface area contributed by atoms with Gasteiger partial charge in [-0.15, -0.1) is 0 Å². The van der Waals surface area contributed by atoms with Gasteiger partial charge in [0.1, 0.15) is 17.8 Å². The minimum atomic E-state index is -0.649. The first-order valence-electron chi connectivity index (χ1n) is 8.10. The Morgan fingerprint density at radius 3 is 2.58 bits per heavy atom. The van der Waals surface area contributed by atoms with Crippen LogP contribution >= 0.6 is 0 Å². The molecule has 2 aliphatic heterocycles. The lowest BCUT2D eigenvalue weighted by molar-refractivity contribution is -0.153. The van der Waals surface area contributed by atoms with Crippen molar-refractivity contribution >= 4 is 17.9 Å². The third-order valence-corrected chi connectivity index (χ3v) is 4.40. The first-order chi connectivity index (χ1) is 11.5. The highest BCUT2D eigenvalue weighted by Gasteiger charge is 2.45. The summed E-state index contributed by atoms with van der Waals surface area (Å²) in [5.74, 6) is 0.189. The summed E-state index contributed by atoms with van der Waals surface area (Å²) < 4.78 is 5.31. The maximum Gasteiger partial charge on any atom is 0.415 e. The second-order valence-electron chi connectivity index (χ2n) is 6.40. The van der Waals surface area contributed by atoms with Gasteiger partial charge in [0.25, 0.3) is 0 Å². The molecule has 24 heavy (non-hydrogen) atoms. The Kier molecular flexibility index (Phi) is 4.42. The molecule has 0 saturated carbocycles. The maximum atomic E-state index is 12.5. The highest BCUT2D eigenvalue weighted by Crippen LogP contribution is 2.20. The van der Waals surface area contributed by atoms with Crippen LogP contribution < -0.4 is 10.1 Å². The number of piperazine rings is 2. The molecule has 3 rings (SSSR count). The Labute approximate surface area is 140 Å². The number of ether oxygens (including phenoxy) is 1. The van der Waals surface area contributed by atoms with E-state index in [0.29, 0.717) is 18.8 Å². The van der Waals surface area contributed by atoms with Gasteiger partial charge in [-0.2, -0.15) is 0 Å². The summed E-state index contributed by atoms with van der Waals surface area (Å²) in [5, 5.41) is 2.77. The molecule has 1 N–H and O–H groups in total. The van der Waals surface area contributed by atoms with E-state index in [1.807, 2.05) is 19.9 Å². The summed E-state index contributed by atoms with van der Waals surface area (Å²) in [4.78, 5) is 40.1. The summed E-state index contributed by atoms with van der Waals surface area (Å²) in [7, 11) is 0. The van der Waals surface area contributed by atoms with Gasteiger partial charge in [0.2, 0.25) is 11.8 Å². The van der Waals surface area contributed by atoms with Crippen molar-refractivity contribution in [1.82, 2.24) is 15.1 Å². The van der Waals surface area contributed by atoms with Crippen molar-refractivity contribution in [1.29, 1.82) is 0 Å². The van der Waals surface area contributed by atoms with Crippen LogP contribution in [0.2, 0.25) is 0 Å². The maximum absolute atomic E-state index is 12.5. The van der Waals surface area contributed by atoms with E-state index >= 15 is 0 Å². The Bertz CT molecular complexity index is 646. The van der Waals surface area contributed by atoms with Crippen molar-refractivity contribution in [3.63, 3.8) is 0 Å².